The number of thiocarbonyl (C=S) groups is 1. The standard InChI is InChI=1S/C16H11Cl4N7OS/c17-9-3-8(4-10(18)5-9)15-23-26-27(25-15)7-14(28)22-24-16(29)21-11-1-2-12(19)13(20)6-11/h1-6H,7H2,(H,22,28)(H2,21,24,29). The van der Waals surface area contributed by atoms with E-state index < -0.39 is 5.91 Å². The number of rotatable bonds is 4. The minimum atomic E-state index is -0.448. The summed E-state index contributed by atoms with van der Waals surface area (Å²) in [4.78, 5) is 13.2. The average molecular weight is 491 g/mol. The molecule has 2 aromatic carbocycles. The van der Waals surface area contributed by atoms with Crippen molar-refractivity contribution in [3.63, 3.8) is 0 Å². The summed E-state index contributed by atoms with van der Waals surface area (Å²) in [7, 11) is 0. The Bertz CT molecular complexity index is 1050. The molecule has 0 aliphatic heterocycles. The number of hydrogen-bond donors (Lipinski definition) is 3. The number of anilines is 1. The highest BCUT2D eigenvalue weighted by molar-refractivity contribution is 7.80. The predicted molar refractivity (Wildman–Crippen MR) is 117 cm³/mol. The highest BCUT2D eigenvalue weighted by Crippen LogP contribution is 2.25. The third kappa shape index (κ3) is 6.15. The fourth-order valence-corrected chi connectivity index (χ4v) is 3.13. The lowest BCUT2D eigenvalue weighted by atomic mass is 10.2. The zero-order chi connectivity index (χ0) is 21.0. The number of hydrogen-bond acceptors (Lipinski definition) is 5. The van der Waals surface area contributed by atoms with Crippen LogP contribution in [0.1, 0.15) is 0 Å². The first-order chi connectivity index (χ1) is 13.8. The largest absolute Gasteiger partial charge is 0.331 e. The highest BCUT2D eigenvalue weighted by atomic mass is 35.5. The van der Waals surface area contributed by atoms with Crippen molar-refractivity contribution >= 4 is 75.3 Å². The Hall–Kier alpha value is -2.17. The van der Waals surface area contributed by atoms with Crippen LogP contribution >= 0.6 is 58.6 Å². The Labute approximate surface area is 190 Å². The quantitative estimate of drug-likeness (QED) is 0.376. The van der Waals surface area contributed by atoms with Gasteiger partial charge in [-0.05, 0) is 53.8 Å². The van der Waals surface area contributed by atoms with E-state index in [0.29, 0.717) is 31.3 Å². The molecule has 0 spiro atoms. The van der Waals surface area contributed by atoms with Crippen LogP contribution in [0.25, 0.3) is 11.4 Å². The van der Waals surface area contributed by atoms with Gasteiger partial charge in [0.2, 0.25) is 5.82 Å². The summed E-state index contributed by atoms with van der Waals surface area (Å²) in [5, 5.41) is 16.5. The van der Waals surface area contributed by atoms with E-state index in [2.05, 4.69) is 31.6 Å². The molecular formula is C16H11Cl4N7OS. The molecule has 3 rings (SSSR count). The average Bonchev–Trinajstić information content (AvgIpc) is 3.11. The monoisotopic (exact) mass is 489 g/mol. The third-order valence-corrected chi connectivity index (χ3v) is 4.73. The van der Waals surface area contributed by atoms with Gasteiger partial charge in [0.25, 0.3) is 5.91 Å². The van der Waals surface area contributed by atoms with E-state index in [1.54, 1.807) is 36.4 Å². The molecule has 0 saturated heterocycles. The van der Waals surface area contributed by atoms with Crippen LogP contribution < -0.4 is 16.2 Å². The second-order valence-corrected chi connectivity index (χ2v) is 7.65. The molecular weight excluding hydrogens is 480 g/mol. The normalized spacial score (nSPS) is 10.5. The third-order valence-electron chi connectivity index (χ3n) is 3.35. The molecule has 0 aliphatic rings. The summed E-state index contributed by atoms with van der Waals surface area (Å²) in [5.74, 6) is -0.164. The van der Waals surface area contributed by atoms with Crippen LogP contribution in [0, 0.1) is 0 Å². The van der Waals surface area contributed by atoms with Crippen molar-refractivity contribution in [3.8, 4) is 11.4 Å². The van der Waals surface area contributed by atoms with Crippen molar-refractivity contribution < 1.29 is 4.79 Å². The molecule has 0 saturated carbocycles. The second-order valence-electron chi connectivity index (χ2n) is 5.56. The van der Waals surface area contributed by atoms with Gasteiger partial charge in [0, 0.05) is 21.3 Å². The molecule has 1 heterocycles. The van der Waals surface area contributed by atoms with Gasteiger partial charge in [-0.25, -0.2) is 0 Å². The second kappa shape index (κ2) is 9.55. The van der Waals surface area contributed by atoms with Crippen molar-refractivity contribution in [3.05, 3.63) is 56.5 Å². The molecule has 3 aromatic rings. The minimum absolute atomic E-state index is 0.151. The van der Waals surface area contributed by atoms with Gasteiger partial charge in [-0.3, -0.25) is 15.6 Å². The maximum absolute atomic E-state index is 12.1. The molecule has 0 unspecified atom stereocenters. The molecule has 1 aromatic heterocycles. The van der Waals surface area contributed by atoms with Gasteiger partial charge < -0.3 is 5.32 Å². The van der Waals surface area contributed by atoms with Crippen LogP contribution in [-0.4, -0.2) is 31.2 Å². The molecule has 0 aliphatic carbocycles. The maximum atomic E-state index is 12.1. The van der Waals surface area contributed by atoms with Gasteiger partial charge in [-0.15, -0.1) is 10.2 Å². The lowest BCUT2D eigenvalue weighted by Gasteiger charge is -2.11. The number of carbonyl (C=O) groups excluding carboxylic acids is 1. The number of aromatic nitrogens is 4. The van der Waals surface area contributed by atoms with E-state index in [1.165, 1.54) is 0 Å². The van der Waals surface area contributed by atoms with E-state index in [0.717, 1.165) is 4.80 Å². The molecule has 0 radical (unpaired) electrons. The Morgan fingerprint density at radius 1 is 1.00 bits per heavy atom. The SMILES string of the molecule is O=C(Cn1nnc(-c2cc(Cl)cc(Cl)c2)n1)NNC(=S)Nc1ccc(Cl)c(Cl)c1. The zero-order valence-corrected chi connectivity index (χ0v) is 18.1. The summed E-state index contributed by atoms with van der Waals surface area (Å²) in [6.45, 7) is -0.191. The minimum Gasteiger partial charge on any atom is -0.331 e. The van der Waals surface area contributed by atoms with E-state index in [-0.39, 0.29) is 17.5 Å². The Morgan fingerprint density at radius 3 is 2.41 bits per heavy atom. The van der Waals surface area contributed by atoms with Crippen LogP contribution in [0.2, 0.25) is 20.1 Å². The zero-order valence-electron chi connectivity index (χ0n) is 14.3. The number of carbonyl (C=O) groups is 1. The predicted octanol–water partition coefficient (Wildman–Crippen LogP) is 3.97. The Morgan fingerprint density at radius 2 is 1.72 bits per heavy atom. The molecule has 0 bridgehead atoms. The molecule has 3 N–H and O–H groups in total. The molecule has 13 heteroatoms. The smallest absolute Gasteiger partial charge is 0.262 e. The van der Waals surface area contributed by atoms with Gasteiger partial charge in [0.1, 0.15) is 6.54 Å². The first-order valence-electron chi connectivity index (χ1n) is 7.85. The van der Waals surface area contributed by atoms with Crippen LogP contribution in [0.3, 0.4) is 0 Å². The summed E-state index contributed by atoms with van der Waals surface area (Å²) in [5.41, 5.74) is 6.17. The number of nitrogens with one attached hydrogen (secondary N) is 3. The van der Waals surface area contributed by atoms with E-state index in [9.17, 15) is 4.79 Å². The van der Waals surface area contributed by atoms with Crippen molar-refractivity contribution in [1.29, 1.82) is 0 Å². The lowest BCUT2D eigenvalue weighted by molar-refractivity contribution is -0.122. The van der Waals surface area contributed by atoms with Crippen molar-refractivity contribution in [2.45, 2.75) is 6.54 Å². The summed E-state index contributed by atoms with van der Waals surface area (Å²) < 4.78 is 0. The van der Waals surface area contributed by atoms with Gasteiger partial charge >= 0.3 is 0 Å². The summed E-state index contributed by atoms with van der Waals surface area (Å²) >= 11 is 28.8. The van der Waals surface area contributed by atoms with E-state index in [1.807, 2.05) is 0 Å². The Balaban J connectivity index is 1.52. The number of benzene rings is 2. The molecule has 29 heavy (non-hydrogen) atoms. The molecule has 150 valence electrons. The number of halogens is 4. The van der Waals surface area contributed by atoms with Crippen LogP contribution in [-0.2, 0) is 11.3 Å². The van der Waals surface area contributed by atoms with Crippen molar-refractivity contribution in [2.75, 3.05) is 5.32 Å². The fourth-order valence-electron chi connectivity index (χ4n) is 2.14. The van der Waals surface area contributed by atoms with Gasteiger partial charge in [-0.1, -0.05) is 46.4 Å². The van der Waals surface area contributed by atoms with Crippen LogP contribution in [0.4, 0.5) is 5.69 Å². The molecule has 0 atom stereocenters. The number of hydrazine groups is 1. The van der Waals surface area contributed by atoms with Gasteiger partial charge in [-0.2, -0.15) is 4.80 Å². The summed E-state index contributed by atoms with van der Waals surface area (Å²) in [6.07, 6.45) is 0. The molecule has 1 amide bonds. The van der Waals surface area contributed by atoms with E-state index >= 15 is 0 Å². The lowest BCUT2D eigenvalue weighted by Crippen LogP contribution is -2.45. The topological polar surface area (TPSA) is 96.8 Å². The van der Waals surface area contributed by atoms with E-state index in [4.69, 9.17) is 58.6 Å². The first-order valence-corrected chi connectivity index (χ1v) is 9.77. The number of tetrazole rings is 1. The number of amides is 1. The molecule has 8 nitrogen and oxygen atoms in total. The molecule has 0 fully saturated rings. The Kier molecular flexibility index (Phi) is 7.09. The van der Waals surface area contributed by atoms with Gasteiger partial charge in [0.05, 0.1) is 10.0 Å². The number of nitrogens with zero attached hydrogens (tertiary/aromatic N) is 4. The first kappa shape index (κ1) is 21.5. The fraction of sp³-hybridized carbons (Fsp3) is 0.0625. The van der Waals surface area contributed by atoms with Crippen molar-refractivity contribution in [2.24, 2.45) is 0 Å². The maximum Gasteiger partial charge on any atom is 0.262 e. The highest BCUT2D eigenvalue weighted by Gasteiger charge is 2.11. The van der Waals surface area contributed by atoms with Gasteiger partial charge in [0.15, 0.2) is 5.11 Å². The van der Waals surface area contributed by atoms with Crippen LogP contribution in [0.15, 0.2) is 36.4 Å². The van der Waals surface area contributed by atoms with Crippen molar-refractivity contribution in [1.82, 2.24) is 31.1 Å². The van der Waals surface area contributed by atoms with Crippen LogP contribution in [0.5, 0.6) is 0 Å². The summed E-state index contributed by atoms with van der Waals surface area (Å²) in [6, 6.07) is 9.78.